The summed E-state index contributed by atoms with van der Waals surface area (Å²) < 4.78 is 0. The quantitative estimate of drug-likeness (QED) is 0.824. The molecule has 0 aliphatic carbocycles. The molecule has 0 atom stereocenters. The maximum atomic E-state index is 4.24. The summed E-state index contributed by atoms with van der Waals surface area (Å²) in [5, 5.41) is 14.1. The minimum absolute atomic E-state index is 0.896. The minimum atomic E-state index is 0.896. The van der Waals surface area contributed by atoms with Crippen LogP contribution in [-0.2, 0) is 0 Å². The maximum Gasteiger partial charge on any atom is 0.156 e. The van der Waals surface area contributed by atoms with Gasteiger partial charge in [0.25, 0.3) is 0 Å². The normalized spacial score (nSPS) is 10.7. The number of thioether (sulfide) groups is 1. The molecule has 4 heteroatoms. The van der Waals surface area contributed by atoms with E-state index in [0.29, 0.717) is 0 Å². The lowest BCUT2D eigenvalue weighted by Crippen LogP contribution is -2.06. The summed E-state index contributed by atoms with van der Waals surface area (Å²) in [6.07, 6.45) is 3.27. The highest BCUT2D eigenvalue weighted by Crippen LogP contribution is 2.22. The first-order valence-corrected chi connectivity index (χ1v) is 7.17. The molecule has 1 aromatic heterocycles. The topological polar surface area (TPSA) is 37.8 Å². The van der Waals surface area contributed by atoms with E-state index in [1.165, 1.54) is 11.1 Å². The first kappa shape index (κ1) is 12.2. The summed E-state index contributed by atoms with van der Waals surface area (Å²) in [5.74, 6) is 2.07. The molecule has 1 heterocycles. The van der Waals surface area contributed by atoms with Crippen LogP contribution in [0.4, 0.5) is 5.82 Å². The fourth-order valence-electron chi connectivity index (χ4n) is 1.79. The molecule has 1 N–H and O–H groups in total. The van der Waals surface area contributed by atoms with E-state index >= 15 is 0 Å². The number of aromatic nitrogens is 2. The molecule has 0 radical (unpaired) electrons. The third-order valence-corrected chi connectivity index (χ3v) is 3.39. The molecule has 0 saturated carbocycles. The molecule has 0 bridgehead atoms. The second-order valence-electron chi connectivity index (χ2n) is 3.95. The zero-order valence-corrected chi connectivity index (χ0v) is 11.0. The molecule has 0 spiro atoms. The molecular weight excluding hydrogens is 230 g/mol. The van der Waals surface area contributed by atoms with Gasteiger partial charge in [-0.1, -0.05) is 24.3 Å². The van der Waals surface area contributed by atoms with Crippen LogP contribution in [0.3, 0.4) is 0 Å². The number of nitrogens with one attached hydrogen (secondary N) is 1. The van der Waals surface area contributed by atoms with Crippen molar-refractivity contribution in [1.29, 1.82) is 0 Å². The van der Waals surface area contributed by atoms with Crippen LogP contribution in [0, 0.1) is 6.92 Å². The van der Waals surface area contributed by atoms with Gasteiger partial charge in [0.15, 0.2) is 5.82 Å². The van der Waals surface area contributed by atoms with E-state index < -0.39 is 0 Å². The average Bonchev–Trinajstić information content (AvgIpc) is 2.37. The molecule has 2 rings (SSSR count). The van der Waals surface area contributed by atoms with Gasteiger partial charge in [0.1, 0.15) is 0 Å². The van der Waals surface area contributed by atoms with Gasteiger partial charge < -0.3 is 5.32 Å². The van der Waals surface area contributed by atoms with Crippen molar-refractivity contribution in [2.24, 2.45) is 0 Å². The molecule has 3 nitrogen and oxygen atoms in total. The first-order valence-electron chi connectivity index (χ1n) is 5.78. The van der Waals surface area contributed by atoms with Gasteiger partial charge >= 0.3 is 0 Å². The fraction of sp³-hybridized carbons (Fsp3) is 0.385. The molecule has 0 aliphatic heterocycles. The van der Waals surface area contributed by atoms with E-state index in [1.54, 1.807) is 0 Å². The van der Waals surface area contributed by atoms with Crippen LogP contribution in [0.2, 0.25) is 0 Å². The van der Waals surface area contributed by atoms with Crippen LogP contribution in [-0.4, -0.2) is 28.8 Å². The Kier molecular flexibility index (Phi) is 4.20. The average molecular weight is 247 g/mol. The number of nitrogens with zero attached hydrogens (tertiary/aromatic N) is 2. The highest BCUT2D eigenvalue weighted by molar-refractivity contribution is 7.98. The highest BCUT2D eigenvalue weighted by Gasteiger charge is 2.04. The van der Waals surface area contributed by atoms with Crippen molar-refractivity contribution >= 4 is 28.4 Å². The number of benzene rings is 1. The lowest BCUT2D eigenvalue weighted by molar-refractivity contribution is 0.947. The van der Waals surface area contributed by atoms with Gasteiger partial charge in [-0.05, 0) is 25.4 Å². The molecule has 90 valence electrons. The Morgan fingerprint density at radius 1 is 1.18 bits per heavy atom. The number of hydrogen-bond acceptors (Lipinski definition) is 4. The van der Waals surface area contributed by atoms with Crippen molar-refractivity contribution in [3.05, 3.63) is 30.0 Å². The van der Waals surface area contributed by atoms with Gasteiger partial charge in [0.2, 0.25) is 0 Å². The van der Waals surface area contributed by atoms with Crippen LogP contribution >= 0.6 is 11.8 Å². The van der Waals surface area contributed by atoms with Gasteiger partial charge in [0.05, 0.1) is 5.69 Å². The Hall–Kier alpha value is -1.29. The van der Waals surface area contributed by atoms with E-state index in [9.17, 15) is 0 Å². The van der Waals surface area contributed by atoms with Gasteiger partial charge in [0, 0.05) is 17.3 Å². The Morgan fingerprint density at radius 3 is 2.71 bits per heavy atom. The second kappa shape index (κ2) is 5.87. The summed E-state index contributed by atoms with van der Waals surface area (Å²) in [5.41, 5.74) is 0.982. The van der Waals surface area contributed by atoms with Crippen LogP contribution in [0.1, 0.15) is 12.1 Å². The summed E-state index contributed by atoms with van der Waals surface area (Å²) in [4.78, 5) is 0. The van der Waals surface area contributed by atoms with Crippen LogP contribution < -0.4 is 5.32 Å². The molecular formula is C13H17N3S. The van der Waals surface area contributed by atoms with Crippen LogP contribution in [0.15, 0.2) is 24.3 Å². The number of rotatable bonds is 5. The smallest absolute Gasteiger partial charge is 0.156 e. The highest BCUT2D eigenvalue weighted by atomic mass is 32.2. The Bertz CT molecular complexity index is 499. The predicted molar refractivity (Wildman–Crippen MR) is 75.8 cm³/mol. The van der Waals surface area contributed by atoms with Gasteiger partial charge in [-0.2, -0.15) is 16.9 Å². The fourth-order valence-corrected chi connectivity index (χ4v) is 2.22. The maximum absolute atomic E-state index is 4.24. The monoisotopic (exact) mass is 247 g/mol. The second-order valence-corrected chi connectivity index (χ2v) is 4.94. The number of aryl methyl sites for hydroxylation is 1. The minimum Gasteiger partial charge on any atom is -0.368 e. The first-order chi connectivity index (χ1) is 8.33. The van der Waals surface area contributed by atoms with Crippen molar-refractivity contribution in [1.82, 2.24) is 10.2 Å². The molecule has 2 aromatic rings. The zero-order valence-electron chi connectivity index (χ0n) is 10.2. The zero-order chi connectivity index (χ0) is 12.1. The van der Waals surface area contributed by atoms with Crippen molar-refractivity contribution in [2.75, 3.05) is 23.9 Å². The van der Waals surface area contributed by atoms with E-state index in [0.717, 1.165) is 29.9 Å². The van der Waals surface area contributed by atoms with Gasteiger partial charge in [-0.15, -0.1) is 5.10 Å². The molecule has 1 aromatic carbocycles. The molecule has 17 heavy (non-hydrogen) atoms. The van der Waals surface area contributed by atoms with E-state index in [4.69, 9.17) is 0 Å². The lowest BCUT2D eigenvalue weighted by atomic mass is 10.1. The van der Waals surface area contributed by atoms with Crippen molar-refractivity contribution in [3.8, 4) is 0 Å². The third-order valence-electron chi connectivity index (χ3n) is 2.69. The molecule has 0 amide bonds. The third kappa shape index (κ3) is 2.88. The molecule has 0 unspecified atom stereocenters. The predicted octanol–water partition coefficient (Wildman–Crippen LogP) is 3.10. The molecule has 0 saturated heterocycles. The number of anilines is 1. The van der Waals surface area contributed by atoms with Crippen LogP contribution in [0.25, 0.3) is 10.8 Å². The van der Waals surface area contributed by atoms with E-state index in [2.05, 4.69) is 33.9 Å². The van der Waals surface area contributed by atoms with Crippen molar-refractivity contribution in [2.45, 2.75) is 13.3 Å². The SMILES string of the molecule is CSCCCNc1nnc(C)c2ccccc12. The summed E-state index contributed by atoms with van der Waals surface area (Å²) in [6.45, 7) is 2.94. The summed E-state index contributed by atoms with van der Waals surface area (Å²) in [6, 6.07) is 8.26. The van der Waals surface area contributed by atoms with Crippen molar-refractivity contribution < 1.29 is 0 Å². The Morgan fingerprint density at radius 2 is 1.94 bits per heavy atom. The lowest BCUT2D eigenvalue weighted by Gasteiger charge is -2.08. The number of fused-ring (bicyclic) bond motifs is 1. The summed E-state index contributed by atoms with van der Waals surface area (Å²) in [7, 11) is 0. The number of hydrogen-bond donors (Lipinski definition) is 1. The summed E-state index contributed by atoms with van der Waals surface area (Å²) >= 11 is 1.87. The van der Waals surface area contributed by atoms with E-state index in [1.807, 2.05) is 30.8 Å². The van der Waals surface area contributed by atoms with Crippen LogP contribution in [0.5, 0.6) is 0 Å². The molecule has 0 aliphatic rings. The van der Waals surface area contributed by atoms with Crippen molar-refractivity contribution in [3.63, 3.8) is 0 Å². The standard InChI is InChI=1S/C13H17N3S/c1-10-11-6-3-4-7-12(11)13(16-15-10)14-8-5-9-17-2/h3-4,6-7H,5,8-9H2,1-2H3,(H,14,16). The van der Waals surface area contributed by atoms with Gasteiger partial charge in [-0.3, -0.25) is 0 Å². The molecule has 0 fully saturated rings. The largest absolute Gasteiger partial charge is 0.368 e. The Balaban J connectivity index is 2.20. The van der Waals surface area contributed by atoms with Gasteiger partial charge in [-0.25, -0.2) is 0 Å². The van der Waals surface area contributed by atoms with E-state index in [-0.39, 0.29) is 0 Å². The Labute approximate surface area is 106 Å².